The summed E-state index contributed by atoms with van der Waals surface area (Å²) < 4.78 is 25.9. The molecule has 6 nitrogen and oxygen atoms in total. The van der Waals surface area contributed by atoms with Gasteiger partial charge < -0.3 is 0 Å². The number of hydrazone groups is 1. The molecular weight excluding hydrogens is 398 g/mol. The maximum absolute atomic E-state index is 12.5. The smallest absolute Gasteiger partial charge is 0.260 e. The normalized spacial score (nSPS) is 12.0. The quantitative estimate of drug-likeness (QED) is 0.443. The number of benzene rings is 3. The van der Waals surface area contributed by atoms with Gasteiger partial charge in [-0.25, -0.2) is 13.8 Å². The molecule has 0 heterocycles. The number of rotatable bonds is 8. The highest BCUT2D eigenvalue weighted by atomic mass is 32.2. The van der Waals surface area contributed by atoms with E-state index in [1.165, 1.54) is 5.56 Å². The summed E-state index contributed by atoms with van der Waals surface area (Å²) in [6.45, 7) is 1.49. The van der Waals surface area contributed by atoms with Crippen LogP contribution in [-0.2, 0) is 21.2 Å². The van der Waals surface area contributed by atoms with E-state index in [0.29, 0.717) is 12.1 Å². The number of carbonyl (C=O) groups excluding carboxylic acids is 1. The molecule has 0 saturated heterocycles. The highest BCUT2D eigenvalue weighted by Crippen LogP contribution is 2.28. The second-order valence-corrected chi connectivity index (χ2v) is 9.04. The van der Waals surface area contributed by atoms with E-state index in [1.54, 1.807) is 12.1 Å². The maximum atomic E-state index is 12.5. The lowest BCUT2D eigenvalue weighted by Crippen LogP contribution is -2.39. The van der Waals surface area contributed by atoms with Crippen molar-refractivity contribution in [3.05, 3.63) is 78.4 Å². The van der Waals surface area contributed by atoms with Gasteiger partial charge in [0.15, 0.2) is 0 Å². The number of nitrogens with one attached hydrogen (secondary N) is 1. The molecule has 1 amide bonds. The van der Waals surface area contributed by atoms with E-state index in [0.717, 1.165) is 33.5 Å². The van der Waals surface area contributed by atoms with Crippen LogP contribution in [0.2, 0.25) is 0 Å². The number of sulfonamides is 1. The Hall–Kier alpha value is -3.19. The zero-order chi connectivity index (χ0) is 21.6. The van der Waals surface area contributed by atoms with Gasteiger partial charge in [0.05, 0.1) is 11.9 Å². The molecule has 0 atom stereocenters. The Morgan fingerprint density at radius 3 is 2.37 bits per heavy atom. The Kier molecular flexibility index (Phi) is 6.84. The molecule has 0 saturated carbocycles. The largest absolute Gasteiger partial charge is 0.271 e. The van der Waals surface area contributed by atoms with E-state index in [1.807, 2.05) is 67.6 Å². The van der Waals surface area contributed by atoms with Crippen LogP contribution in [0.4, 0.5) is 5.69 Å². The van der Waals surface area contributed by atoms with Crippen molar-refractivity contribution in [2.24, 2.45) is 5.10 Å². The van der Waals surface area contributed by atoms with Gasteiger partial charge in [0, 0.05) is 11.1 Å². The molecule has 1 N–H and O–H groups in total. The number of aryl methyl sites for hydroxylation is 1. The van der Waals surface area contributed by atoms with E-state index < -0.39 is 15.9 Å². The van der Waals surface area contributed by atoms with Crippen molar-refractivity contribution in [1.82, 2.24) is 5.43 Å². The molecule has 0 radical (unpaired) electrons. The lowest BCUT2D eigenvalue weighted by molar-refractivity contribution is -0.119. The first-order valence-corrected chi connectivity index (χ1v) is 11.5. The molecule has 0 fully saturated rings. The Morgan fingerprint density at radius 1 is 0.967 bits per heavy atom. The van der Waals surface area contributed by atoms with Crippen LogP contribution >= 0.6 is 0 Å². The van der Waals surface area contributed by atoms with Crippen LogP contribution in [0.5, 0.6) is 0 Å². The van der Waals surface area contributed by atoms with Crippen LogP contribution in [0.3, 0.4) is 0 Å². The third-order valence-corrected chi connectivity index (χ3v) is 5.84. The van der Waals surface area contributed by atoms with Gasteiger partial charge in [-0.05, 0) is 36.8 Å². The average Bonchev–Trinajstić information content (AvgIpc) is 2.74. The third-order valence-electron chi connectivity index (χ3n) is 4.71. The Labute approximate surface area is 177 Å². The first kappa shape index (κ1) is 21.5. The molecular formula is C23H25N3O3S. The van der Waals surface area contributed by atoms with Crippen molar-refractivity contribution in [2.45, 2.75) is 19.8 Å². The summed E-state index contributed by atoms with van der Waals surface area (Å²) in [5.74, 6) is -0.493. The second-order valence-electron chi connectivity index (χ2n) is 7.14. The molecule has 3 aromatic rings. The van der Waals surface area contributed by atoms with Gasteiger partial charge in [0.1, 0.15) is 6.54 Å². The van der Waals surface area contributed by atoms with Crippen LogP contribution < -0.4 is 9.73 Å². The van der Waals surface area contributed by atoms with Crippen LogP contribution in [0.25, 0.3) is 10.8 Å². The van der Waals surface area contributed by atoms with Crippen molar-refractivity contribution in [3.63, 3.8) is 0 Å². The maximum Gasteiger partial charge on any atom is 0.260 e. The Bertz CT molecular complexity index is 1150. The molecule has 0 bridgehead atoms. The van der Waals surface area contributed by atoms with Gasteiger partial charge in [-0.1, -0.05) is 66.7 Å². The van der Waals surface area contributed by atoms with Crippen LogP contribution in [0.1, 0.15) is 18.9 Å². The lowest BCUT2D eigenvalue weighted by atomic mass is 10.1. The SMILES string of the molecule is C/C(CCc1ccccc1)=N/NC(=O)CN(c1cccc2ccccc12)S(C)(=O)=O. The van der Waals surface area contributed by atoms with Crippen LogP contribution in [-0.4, -0.2) is 32.8 Å². The van der Waals surface area contributed by atoms with E-state index in [-0.39, 0.29) is 6.54 Å². The highest BCUT2D eigenvalue weighted by molar-refractivity contribution is 7.92. The monoisotopic (exact) mass is 423 g/mol. The first-order valence-electron chi connectivity index (χ1n) is 9.66. The fourth-order valence-electron chi connectivity index (χ4n) is 3.16. The second kappa shape index (κ2) is 9.54. The van der Waals surface area contributed by atoms with Crippen LogP contribution in [0, 0.1) is 0 Å². The number of hydrogen-bond acceptors (Lipinski definition) is 4. The standard InChI is InChI=1S/C23H25N3O3S/c1-18(15-16-19-9-4-3-5-10-19)24-25-23(27)17-26(30(2,28)29)22-14-8-12-20-11-6-7-13-21(20)22/h3-14H,15-17H2,1-2H3,(H,25,27)/b24-18-. The zero-order valence-electron chi connectivity index (χ0n) is 17.1. The summed E-state index contributed by atoms with van der Waals surface area (Å²) in [6.07, 6.45) is 2.61. The minimum Gasteiger partial charge on any atom is -0.271 e. The summed E-state index contributed by atoms with van der Waals surface area (Å²) >= 11 is 0. The Balaban J connectivity index is 1.70. The van der Waals surface area contributed by atoms with Crippen molar-refractivity contribution in [2.75, 3.05) is 17.1 Å². The van der Waals surface area contributed by atoms with Gasteiger partial charge >= 0.3 is 0 Å². The molecule has 7 heteroatoms. The molecule has 3 aromatic carbocycles. The summed E-state index contributed by atoms with van der Waals surface area (Å²) in [5, 5.41) is 5.79. The van der Waals surface area contributed by atoms with E-state index in [4.69, 9.17) is 0 Å². The highest BCUT2D eigenvalue weighted by Gasteiger charge is 2.22. The summed E-state index contributed by atoms with van der Waals surface area (Å²) in [5.41, 5.74) is 4.91. The summed E-state index contributed by atoms with van der Waals surface area (Å²) in [7, 11) is -3.67. The van der Waals surface area contributed by atoms with Crippen LogP contribution in [0.15, 0.2) is 77.9 Å². The molecule has 30 heavy (non-hydrogen) atoms. The van der Waals surface area contributed by atoms with Gasteiger partial charge in [0.2, 0.25) is 10.0 Å². The molecule has 0 aliphatic rings. The fraction of sp³-hybridized carbons (Fsp3) is 0.217. The van der Waals surface area contributed by atoms with Crippen molar-refractivity contribution in [3.8, 4) is 0 Å². The predicted octanol–water partition coefficient (Wildman–Crippen LogP) is 3.73. The van der Waals surface area contributed by atoms with Gasteiger partial charge in [0.25, 0.3) is 5.91 Å². The number of nitrogens with zero attached hydrogens (tertiary/aromatic N) is 2. The van der Waals surface area contributed by atoms with Crippen molar-refractivity contribution in [1.29, 1.82) is 0 Å². The predicted molar refractivity (Wildman–Crippen MR) is 122 cm³/mol. The number of amides is 1. The molecule has 0 aliphatic carbocycles. The zero-order valence-corrected chi connectivity index (χ0v) is 17.9. The van der Waals surface area contributed by atoms with Gasteiger partial charge in [-0.3, -0.25) is 9.10 Å². The third kappa shape index (κ3) is 5.67. The molecule has 3 rings (SSSR count). The number of fused-ring (bicyclic) bond motifs is 1. The lowest BCUT2D eigenvalue weighted by Gasteiger charge is -2.23. The van der Waals surface area contributed by atoms with E-state index in [9.17, 15) is 13.2 Å². The molecule has 156 valence electrons. The molecule has 0 aliphatic heterocycles. The fourth-order valence-corrected chi connectivity index (χ4v) is 4.02. The van der Waals surface area contributed by atoms with Crippen molar-refractivity contribution < 1.29 is 13.2 Å². The minimum absolute atomic E-state index is 0.345. The van der Waals surface area contributed by atoms with Gasteiger partial charge in [-0.2, -0.15) is 5.10 Å². The molecule has 0 aromatic heterocycles. The average molecular weight is 424 g/mol. The number of anilines is 1. The number of hydrogen-bond donors (Lipinski definition) is 1. The number of carbonyl (C=O) groups is 1. The van der Waals surface area contributed by atoms with Gasteiger partial charge in [-0.15, -0.1) is 0 Å². The summed E-state index contributed by atoms with van der Waals surface area (Å²) in [4.78, 5) is 12.5. The minimum atomic E-state index is -3.67. The van der Waals surface area contributed by atoms with E-state index >= 15 is 0 Å². The topological polar surface area (TPSA) is 78.8 Å². The van der Waals surface area contributed by atoms with Crippen molar-refractivity contribution >= 4 is 38.1 Å². The summed E-state index contributed by atoms with van der Waals surface area (Å²) in [6, 6.07) is 22.9. The Morgan fingerprint density at radius 2 is 1.63 bits per heavy atom. The first-order chi connectivity index (χ1) is 14.3. The molecule has 0 spiro atoms. The molecule has 0 unspecified atom stereocenters. The van der Waals surface area contributed by atoms with E-state index in [2.05, 4.69) is 10.5 Å².